The Morgan fingerprint density at radius 1 is 1.32 bits per heavy atom. The maximum Gasteiger partial charge on any atom is 0.416 e. The molecule has 0 radical (unpaired) electrons. The number of nitrogens with zero attached hydrogens (tertiary/aromatic N) is 2. The molecule has 0 fully saturated rings. The molecule has 1 N–H and O–H groups in total. The SMILES string of the molecule is CC(=O)NCC1CN(c2ccc(C(F)(F)F)cc2)c2cccnc2O1. The first-order chi connectivity index (χ1) is 11.8. The molecule has 0 saturated carbocycles. The average Bonchev–Trinajstić information content (AvgIpc) is 2.58. The standard InChI is InChI=1S/C17H16F3N3O2/c1-11(24)22-9-14-10-23(15-3-2-8-21-16(15)25-14)13-6-4-12(5-7-13)17(18,19)20/h2-8,14H,9-10H2,1H3,(H,22,24). The third kappa shape index (κ3) is 3.84. The summed E-state index contributed by atoms with van der Waals surface area (Å²) in [5, 5.41) is 2.68. The number of alkyl halides is 3. The van der Waals surface area contributed by atoms with Gasteiger partial charge in [-0.05, 0) is 36.4 Å². The van der Waals surface area contributed by atoms with E-state index >= 15 is 0 Å². The van der Waals surface area contributed by atoms with Gasteiger partial charge in [0, 0.05) is 18.8 Å². The second-order valence-electron chi connectivity index (χ2n) is 5.66. The number of aromatic nitrogens is 1. The van der Waals surface area contributed by atoms with Crippen molar-refractivity contribution in [3.05, 3.63) is 48.2 Å². The highest BCUT2D eigenvalue weighted by Crippen LogP contribution is 2.37. The van der Waals surface area contributed by atoms with Gasteiger partial charge < -0.3 is 15.0 Å². The van der Waals surface area contributed by atoms with Gasteiger partial charge in [0.15, 0.2) is 0 Å². The molecule has 1 aliphatic rings. The summed E-state index contributed by atoms with van der Waals surface area (Å²) < 4.78 is 44.0. The monoisotopic (exact) mass is 351 g/mol. The molecule has 1 amide bonds. The topological polar surface area (TPSA) is 54.5 Å². The number of benzene rings is 1. The molecule has 25 heavy (non-hydrogen) atoms. The van der Waals surface area contributed by atoms with Crippen molar-refractivity contribution in [1.29, 1.82) is 0 Å². The summed E-state index contributed by atoms with van der Waals surface area (Å²) in [6.07, 6.45) is -3.17. The van der Waals surface area contributed by atoms with Crippen molar-refractivity contribution >= 4 is 17.3 Å². The summed E-state index contributed by atoms with van der Waals surface area (Å²) in [5.41, 5.74) is 0.561. The fourth-order valence-electron chi connectivity index (χ4n) is 2.61. The molecule has 132 valence electrons. The first-order valence-electron chi connectivity index (χ1n) is 7.65. The smallest absolute Gasteiger partial charge is 0.416 e. The fourth-order valence-corrected chi connectivity index (χ4v) is 2.61. The van der Waals surface area contributed by atoms with Crippen LogP contribution in [0.2, 0.25) is 0 Å². The Balaban J connectivity index is 1.89. The summed E-state index contributed by atoms with van der Waals surface area (Å²) in [6.45, 7) is 2.06. The van der Waals surface area contributed by atoms with Crippen LogP contribution in [0.5, 0.6) is 5.88 Å². The van der Waals surface area contributed by atoms with Gasteiger partial charge in [-0.15, -0.1) is 0 Å². The number of ether oxygens (including phenoxy) is 1. The highest BCUT2D eigenvalue weighted by atomic mass is 19.4. The van der Waals surface area contributed by atoms with Gasteiger partial charge in [-0.3, -0.25) is 4.79 Å². The first kappa shape index (κ1) is 17.1. The van der Waals surface area contributed by atoms with E-state index in [1.807, 2.05) is 4.90 Å². The van der Waals surface area contributed by atoms with Crippen molar-refractivity contribution in [2.45, 2.75) is 19.2 Å². The zero-order valence-corrected chi connectivity index (χ0v) is 13.4. The number of hydrogen-bond acceptors (Lipinski definition) is 4. The lowest BCUT2D eigenvalue weighted by atomic mass is 10.1. The van der Waals surface area contributed by atoms with Crippen LogP contribution in [0.15, 0.2) is 42.6 Å². The van der Waals surface area contributed by atoms with Crippen LogP contribution in [-0.4, -0.2) is 30.1 Å². The zero-order valence-electron chi connectivity index (χ0n) is 13.4. The minimum absolute atomic E-state index is 0.184. The summed E-state index contributed by atoms with van der Waals surface area (Å²) in [4.78, 5) is 17.1. The van der Waals surface area contributed by atoms with E-state index in [0.29, 0.717) is 23.8 Å². The molecule has 2 heterocycles. The maximum absolute atomic E-state index is 12.8. The Morgan fingerprint density at radius 3 is 2.68 bits per heavy atom. The summed E-state index contributed by atoms with van der Waals surface area (Å²) in [5.74, 6) is 0.195. The zero-order chi connectivity index (χ0) is 18.0. The molecule has 1 atom stereocenters. The van der Waals surface area contributed by atoms with Crippen molar-refractivity contribution < 1.29 is 22.7 Å². The van der Waals surface area contributed by atoms with Crippen molar-refractivity contribution in [3.63, 3.8) is 0 Å². The van der Waals surface area contributed by atoms with Crippen LogP contribution in [-0.2, 0) is 11.0 Å². The van der Waals surface area contributed by atoms with E-state index in [1.54, 1.807) is 18.3 Å². The molecule has 1 unspecified atom stereocenters. The van der Waals surface area contributed by atoms with Crippen LogP contribution in [0, 0.1) is 0 Å². The summed E-state index contributed by atoms with van der Waals surface area (Å²) >= 11 is 0. The molecular formula is C17H16F3N3O2. The Morgan fingerprint density at radius 2 is 2.04 bits per heavy atom. The number of rotatable bonds is 3. The van der Waals surface area contributed by atoms with E-state index in [4.69, 9.17) is 4.74 Å². The van der Waals surface area contributed by atoms with Crippen molar-refractivity contribution in [2.75, 3.05) is 18.0 Å². The first-order valence-corrected chi connectivity index (χ1v) is 7.65. The number of hydrogen-bond donors (Lipinski definition) is 1. The van der Waals surface area contributed by atoms with Crippen LogP contribution in [0.4, 0.5) is 24.5 Å². The minimum Gasteiger partial charge on any atom is -0.469 e. The van der Waals surface area contributed by atoms with Gasteiger partial charge in [0.2, 0.25) is 11.8 Å². The Bertz CT molecular complexity index is 762. The summed E-state index contributed by atoms with van der Waals surface area (Å²) in [6, 6.07) is 8.44. The van der Waals surface area contributed by atoms with Gasteiger partial charge in [0.1, 0.15) is 11.8 Å². The molecular weight excluding hydrogens is 335 g/mol. The molecule has 3 rings (SSSR count). The third-order valence-electron chi connectivity index (χ3n) is 3.79. The number of halogens is 3. The van der Waals surface area contributed by atoms with Crippen molar-refractivity contribution in [1.82, 2.24) is 10.3 Å². The largest absolute Gasteiger partial charge is 0.469 e. The molecule has 2 aromatic rings. The highest BCUT2D eigenvalue weighted by Gasteiger charge is 2.31. The number of fused-ring (bicyclic) bond motifs is 1. The van der Waals surface area contributed by atoms with E-state index in [-0.39, 0.29) is 18.6 Å². The fraction of sp³-hybridized carbons (Fsp3) is 0.294. The van der Waals surface area contributed by atoms with Crippen molar-refractivity contribution in [2.24, 2.45) is 0 Å². The van der Waals surface area contributed by atoms with Crippen LogP contribution in [0.1, 0.15) is 12.5 Å². The summed E-state index contributed by atoms with van der Waals surface area (Å²) in [7, 11) is 0. The molecule has 1 aromatic carbocycles. The Labute approximate surface area is 142 Å². The van der Waals surface area contributed by atoms with Crippen LogP contribution >= 0.6 is 0 Å². The quantitative estimate of drug-likeness (QED) is 0.923. The van der Waals surface area contributed by atoms with Gasteiger partial charge in [-0.1, -0.05) is 0 Å². The number of carbonyl (C=O) groups excluding carboxylic acids is 1. The molecule has 8 heteroatoms. The molecule has 0 saturated heterocycles. The van der Waals surface area contributed by atoms with Crippen LogP contribution in [0.25, 0.3) is 0 Å². The number of anilines is 2. The molecule has 1 aromatic heterocycles. The molecule has 0 bridgehead atoms. The van der Waals surface area contributed by atoms with Gasteiger partial charge in [-0.2, -0.15) is 13.2 Å². The van der Waals surface area contributed by atoms with E-state index in [2.05, 4.69) is 10.3 Å². The van der Waals surface area contributed by atoms with E-state index in [9.17, 15) is 18.0 Å². The molecule has 0 aliphatic carbocycles. The van der Waals surface area contributed by atoms with Gasteiger partial charge in [0.25, 0.3) is 0 Å². The lowest BCUT2D eigenvalue weighted by molar-refractivity contribution is -0.137. The maximum atomic E-state index is 12.8. The second kappa shape index (κ2) is 6.62. The molecule has 0 spiro atoms. The normalized spacial score (nSPS) is 16.8. The van der Waals surface area contributed by atoms with Crippen LogP contribution < -0.4 is 15.0 Å². The third-order valence-corrected chi connectivity index (χ3v) is 3.79. The van der Waals surface area contributed by atoms with Gasteiger partial charge in [-0.25, -0.2) is 4.98 Å². The van der Waals surface area contributed by atoms with Crippen LogP contribution in [0.3, 0.4) is 0 Å². The van der Waals surface area contributed by atoms with Gasteiger partial charge >= 0.3 is 6.18 Å². The lowest BCUT2D eigenvalue weighted by Gasteiger charge is -2.35. The predicted molar refractivity (Wildman–Crippen MR) is 85.8 cm³/mol. The van der Waals surface area contributed by atoms with E-state index in [0.717, 1.165) is 12.1 Å². The predicted octanol–water partition coefficient (Wildman–Crippen LogP) is 3.14. The average molecular weight is 351 g/mol. The Hall–Kier alpha value is -2.77. The Kier molecular flexibility index (Phi) is 4.52. The number of carbonyl (C=O) groups is 1. The van der Waals surface area contributed by atoms with Crippen molar-refractivity contribution in [3.8, 4) is 5.88 Å². The lowest BCUT2D eigenvalue weighted by Crippen LogP contribution is -2.44. The highest BCUT2D eigenvalue weighted by molar-refractivity contribution is 5.73. The number of amides is 1. The van der Waals surface area contributed by atoms with Gasteiger partial charge in [0.05, 0.1) is 18.7 Å². The number of nitrogens with one attached hydrogen (secondary N) is 1. The number of pyridine rings is 1. The molecule has 1 aliphatic heterocycles. The molecule has 5 nitrogen and oxygen atoms in total. The second-order valence-corrected chi connectivity index (χ2v) is 5.66. The van der Waals surface area contributed by atoms with E-state index < -0.39 is 11.7 Å². The van der Waals surface area contributed by atoms with E-state index in [1.165, 1.54) is 19.1 Å². The minimum atomic E-state index is -4.38.